The predicted octanol–water partition coefficient (Wildman–Crippen LogP) is 5.34. The summed E-state index contributed by atoms with van der Waals surface area (Å²) in [5.41, 5.74) is 1.82. The smallest absolute Gasteiger partial charge is 0.305 e. The van der Waals surface area contributed by atoms with Crippen molar-refractivity contribution in [3.63, 3.8) is 0 Å². The molecule has 176 valence electrons. The Morgan fingerprint density at radius 1 is 1.24 bits per heavy atom. The number of benzene rings is 2. The van der Waals surface area contributed by atoms with Gasteiger partial charge in [-0.1, -0.05) is 24.3 Å². The van der Waals surface area contributed by atoms with E-state index >= 15 is 0 Å². The van der Waals surface area contributed by atoms with Gasteiger partial charge in [0.05, 0.1) is 18.9 Å². The van der Waals surface area contributed by atoms with E-state index in [0.29, 0.717) is 24.6 Å². The maximum atomic E-state index is 14.7. The standard InChI is InChI=1S/C24H28FN2O5P/c1-16(2)27-12-14-31-33(27,29)24(28)19-9-10-22(20(25)15-19)30-13-11-21-17(3)32-23(26-21)18-7-5-4-6-8-18/h4-10,15-16,24,28H,11-14H2,1-3H3. The van der Waals surface area contributed by atoms with E-state index in [2.05, 4.69) is 4.98 Å². The van der Waals surface area contributed by atoms with Crippen molar-refractivity contribution in [1.29, 1.82) is 0 Å². The molecule has 2 heterocycles. The van der Waals surface area contributed by atoms with Gasteiger partial charge in [-0.2, -0.15) is 0 Å². The number of halogens is 1. The third kappa shape index (κ3) is 4.89. The summed E-state index contributed by atoms with van der Waals surface area (Å²) in [5.74, 6) is -0.809. The second-order valence-electron chi connectivity index (χ2n) is 8.20. The molecule has 1 fully saturated rings. The highest BCUT2D eigenvalue weighted by molar-refractivity contribution is 7.56. The average molecular weight is 474 g/mol. The normalized spacial score (nSPS) is 19.8. The summed E-state index contributed by atoms with van der Waals surface area (Å²) in [6, 6.07) is 13.6. The number of rotatable bonds is 8. The second kappa shape index (κ2) is 9.77. The number of aryl methyl sites for hydroxylation is 1. The van der Waals surface area contributed by atoms with Gasteiger partial charge in [0, 0.05) is 24.6 Å². The zero-order valence-electron chi connectivity index (χ0n) is 18.9. The molecule has 7 nitrogen and oxygen atoms in total. The Balaban J connectivity index is 1.41. The first-order chi connectivity index (χ1) is 15.8. The van der Waals surface area contributed by atoms with Crippen LogP contribution in [0.4, 0.5) is 4.39 Å². The third-order valence-corrected chi connectivity index (χ3v) is 8.47. The Labute approximate surface area is 192 Å². The molecule has 0 saturated carbocycles. The predicted molar refractivity (Wildman–Crippen MR) is 123 cm³/mol. The SMILES string of the molecule is Cc1oc(-c2ccccc2)nc1CCOc1ccc(C(O)P2(=O)OCCN2C(C)C)cc1F. The quantitative estimate of drug-likeness (QED) is 0.442. The van der Waals surface area contributed by atoms with Crippen LogP contribution in [0.3, 0.4) is 0 Å². The van der Waals surface area contributed by atoms with Gasteiger partial charge in [0.25, 0.3) is 0 Å². The van der Waals surface area contributed by atoms with Crippen molar-refractivity contribution in [2.75, 3.05) is 19.8 Å². The molecule has 1 saturated heterocycles. The van der Waals surface area contributed by atoms with Gasteiger partial charge >= 0.3 is 7.52 Å². The van der Waals surface area contributed by atoms with Crippen LogP contribution >= 0.6 is 7.52 Å². The minimum Gasteiger partial charge on any atom is -0.490 e. The van der Waals surface area contributed by atoms with Gasteiger partial charge in [0.15, 0.2) is 17.4 Å². The van der Waals surface area contributed by atoms with Crippen LogP contribution in [0.15, 0.2) is 52.9 Å². The van der Waals surface area contributed by atoms with Crippen LogP contribution in [-0.2, 0) is 15.5 Å². The van der Waals surface area contributed by atoms with Crippen LogP contribution in [-0.4, -0.2) is 40.6 Å². The molecule has 1 N–H and O–H groups in total. The molecule has 0 bridgehead atoms. The molecule has 2 atom stereocenters. The maximum absolute atomic E-state index is 14.7. The second-order valence-corrected chi connectivity index (χ2v) is 10.6. The molecular formula is C24H28FN2O5P. The molecule has 33 heavy (non-hydrogen) atoms. The van der Waals surface area contributed by atoms with Crippen molar-refractivity contribution in [2.24, 2.45) is 0 Å². The number of oxazole rings is 1. The van der Waals surface area contributed by atoms with E-state index in [1.165, 1.54) is 12.1 Å². The van der Waals surface area contributed by atoms with E-state index in [4.69, 9.17) is 13.7 Å². The highest BCUT2D eigenvalue weighted by Gasteiger charge is 2.45. The fraction of sp³-hybridized carbons (Fsp3) is 0.375. The van der Waals surface area contributed by atoms with Crippen LogP contribution in [0.2, 0.25) is 0 Å². The Morgan fingerprint density at radius 2 is 2.00 bits per heavy atom. The summed E-state index contributed by atoms with van der Waals surface area (Å²) in [7, 11) is -3.51. The number of aliphatic hydroxyl groups excluding tert-OH is 1. The van der Waals surface area contributed by atoms with Crippen LogP contribution < -0.4 is 4.74 Å². The molecule has 1 aliphatic rings. The number of nitrogens with zero attached hydrogens (tertiary/aromatic N) is 2. The summed E-state index contributed by atoms with van der Waals surface area (Å²) < 4.78 is 46.3. The first-order valence-electron chi connectivity index (χ1n) is 10.9. The minimum absolute atomic E-state index is 0.0433. The maximum Gasteiger partial charge on any atom is 0.305 e. The lowest BCUT2D eigenvalue weighted by molar-refractivity contribution is 0.210. The Morgan fingerprint density at radius 3 is 2.70 bits per heavy atom. The number of ether oxygens (including phenoxy) is 1. The van der Waals surface area contributed by atoms with Crippen LogP contribution in [0.5, 0.6) is 5.75 Å². The number of hydrogen-bond donors (Lipinski definition) is 1. The molecule has 0 spiro atoms. The molecule has 4 rings (SSSR count). The van der Waals surface area contributed by atoms with Gasteiger partial charge in [-0.3, -0.25) is 4.57 Å². The monoisotopic (exact) mass is 474 g/mol. The van der Waals surface area contributed by atoms with Crippen LogP contribution in [0.25, 0.3) is 11.5 Å². The minimum atomic E-state index is -3.51. The zero-order valence-corrected chi connectivity index (χ0v) is 19.8. The first kappa shape index (κ1) is 23.6. The number of aromatic nitrogens is 1. The Hall–Kier alpha value is -2.51. The van der Waals surface area contributed by atoms with Crippen molar-refractivity contribution < 1.29 is 27.7 Å². The highest BCUT2D eigenvalue weighted by atomic mass is 31.2. The zero-order chi connectivity index (χ0) is 23.6. The van der Waals surface area contributed by atoms with Crippen molar-refractivity contribution in [3.05, 3.63) is 71.4 Å². The van der Waals surface area contributed by atoms with Gasteiger partial charge in [-0.15, -0.1) is 0 Å². The van der Waals surface area contributed by atoms with Crippen molar-refractivity contribution in [3.8, 4) is 17.2 Å². The Bertz CT molecular complexity index is 1150. The van der Waals surface area contributed by atoms with Gasteiger partial charge in [0.2, 0.25) is 5.89 Å². The summed E-state index contributed by atoms with van der Waals surface area (Å²) in [4.78, 5) is 4.52. The lowest BCUT2D eigenvalue weighted by Gasteiger charge is -2.29. The van der Waals surface area contributed by atoms with E-state index in [1.54, 1.807) is 4.67 Å². The van der Waals surface area contributed by atoms with E-state index in [-0.39, 0.29) is 30.6 Å². The van der Waals surface area contributed by atoms with E-state index < -0.39 is 19.2 Å². The van der Waals surface area contributed by atoms with Crippen molar-refractivity contribution >= 4 is 7.52 Å². The van der Waals surface area contributed by atoms with Gasteiger partial charge in [0.1, 0.15) is 5.76 Å². The lowest BCUT2D eigenvalue weighted by Crippen LogP contribution is -2.26. The summed E-state index contributed by atoms with van der Waals surface area (Å²) in [6.07, 6.45) is 0.443. The van der Waals surface area contributed by atoms with Crippen LogP contribution in [0, 0.1) is 12.7 Å². The molecule has 2 aromatic carbocycles. The largest absolute Gasteiger partial charge is 0.490 e. The third-order valence-electron chi connectivity index (χ3n) is 5.62. The summed E-state index contributed by atoms with van der Waals surface area (Å²) in [5, 5.41) is 10.7. The van der Waals surface area contributed by atoms with E-state index in [9.17, 15) is 14.1 Å². The fourth-order valence-corrected chi connectivity index (χ4v) is 6.33. The molecule has 3 aromatic rings. The molecular weight excluding hydrogens is 446 g/mol. The molecule has 1 aliphatic heterocycles. The molecule has 0 radical (unpaired) electrons. The fourth-order valence-electron chi connectivity index (χ4n) is 3.87. The average Bonchev–Trinajstić information content (AvgIpc) is 3.38. The molecule has 9 heteroatoms. The number of aliphatic hydroxyl groups is 1. The molecule has 2 unspecified atom stereocenters. The Kier molecular flexibility index (Phi) is 7.00. The van der Waals surface area contributed by atoms with E-state index in [0.717, 1.165) is 17.3 Å². The van der Waals surface area contributed by atoms with Gasteiger partial charge in [-0.25, -0.2) is 14.0 Å². The topological polar surface area (TPSA) is 85.0 Å². The molecule has 0 amide bonds. The summed E-state index contributed by atoms with van der Waals surface area (Å²) in [6.45, 7) is 6.52. The highest BCUT2D eigenvalue weighted by Crippen LogP contribution is 2.64. The van der Waals surface area contributed by atoms with Gasteiger partial charge in [-0.05, 0) is 50.6 Å². The first-order valence-corrected chi connectivity index (χ1v) is 12.6. The van der Waals surface area contributed by atoms with Crippen molar-refractivity contribution in [2.45, 2.75) is 39.1 Å². The van der Waals surface area contributed by atoms with Crippen molar-refractivity contribution in [1.82, 2.24) is 9.65 Å². The van der Waals surface area contributed by atoms with E-state index in [1.807, 2.05) is 51.1 Å². The lowest BCUT2D eigenvalue weighted by atomic mass is 10.2. The van der Waals surface area contributed by atoms with Gasteiger partial charge < -0.3 is 18.8 Å². The number of hydrogen-bond acceptors (Lipinski definition) is 6. The van der Waals surface area contributed by atoms with Crippen LogP contribution in [0.1, 0.15) is 36.7 Å². The molecule has 1 aromatic heterocycles. The summed E-state index contributed by atoms with van der Waals surface area (Å²) >= 11 is 0. The molecule has 0 aliphatic carbocycles.